The summed E-state index contributed by atoms with van der Waals surface area (Å²) in [5.41, 5.74) is -2.72. The van der Waals surface area contributed by atoms with Gasteiger partial charge in [0.15, 0.2) is 0 Å². The Balaban J connectivity index is 1.87. The van der Waals surface area contributed by atoms with E-state index in [1.165, 1.54) is 0 Å². The second-order valence-electron chi connectivity index (χ2n) is 11.1. The first-order valence-electron chi connectivity index (χ1n) is 14.1. The summed E-state index contributed by atoms with van der Waals surface area (Å²) in [7, 11) is 0. The van der Waals surface area contributed by atoms with Crippen molar-refractivity contribution in [2.45, 2.75) is 44.8 Å². The fourth-order valence-corrected chi connectivity index (χ4v) is 13.9. The van der Waals surface area contributed by atoms with Crippen LogP contribution in [0.15, 0.2) is 109 Å². The normalized spacial score (nSPS) is 14.7. The average molecular weight is 697 g/mol. The molecule has 0 aliphatic carbocycles. The minimum atomic E-state index is -5.07. The third-order valence-electron chi connectivity index (χ3n) is 8.13. The molecule has 0 aliphatic heterocycles. The van der Waals surface area contributed by atoms with Crippen molar-refractivity contribution in [1.82, 2.24) is 5.32 Å². The van der Waals surface area contributed by atoms with E-state index in [0.29, 0.717) is 30.9 Å². The van der Waals surface area contributed by atoms with Gasteiger partial charge in [-0.25, -0.2) is 0 Å². The molecular formula is C34H33BrF6NOP. The van der Waals surface area contributed by atoms with Crippen molar-refractivity contribution < 1.29 is 31.1 Å². The molecule has 0 fully saturated rings. The molecule has 4 aromatic carbocycles. The zero-order chi connectivity index (χ0) is 32.2. The number of rotatable bonds is 10. The molecular weight excluding hydrogens is 663 g/mol. The van der Waals surface area contributed by atoms with E-state index in [-0.39, 0.29) is 12.0 Å². The van der Waals surface area contributed by atoms with Gasteiger partial charge in [0.1, 0.15) is 0 Å². The average Bonchev–Trinajstić information content (AvgIpc) is 3.00. The van der Waals surface area contributed by atoms with Gasteiger partial charge in [-0.1, -0.05) is 0 Å². The molecule has 44 heavy (non-hydrogen) atoms. The maximum absolute atomic E-state index is 13.6. The molecule has 0 heterocycles. The first-order chi connectivity index (χ1) is 20.6. The zero-order valence-corrected chi connectivity index (χ0v) is 26.6. The molecule has 1 amide bonds. The first kappa shape index (κ1) is 33.7. The summed E-state index contributed by atoms with van der Waals surface area (Å²) in [6.07, 6.45) is -8.60. The van der Waals surface area contributed by atoms with E-state index in [4.69, 9.17) is 0 Å². The Labute approximate surface area is 261 Å². The molecule has 2 atom stereocenters. The van der Waals surface area contributed by atoms with Crippen molar-refractivity contribution in [3.05, 3.63) is 131 Å². The predicted octanol–water partition coefficient (Wildman–Crippen LogP) is 9.58. The summed E-state index contributed by atoms with van der Waals surface area (Å²) in [6, 6.07) is 29.9. The van der Waals surface area contributed by atoms with Gasteiger partial charge in [0.25, 0.3) is 0 Å². The summed E-state index contributed by atoms with van der Waals surface area (Å²) in [6.45, 7) is 3.85. The molecule has 0 saturated heterocycles. The van der Waals surface area contributed by atoms with Crippen LogP contribution in [0.3, 0.4) is 0 Å². The monoisotopic (exact) mass is 695 g/mol. The molecule has 0 aromatic heterocycles. The number of amides is 1. The number of carbonyl (C=O) groups excluding carboxylic acids is 1. The van der Waals surface area contributed by atoms with Gasteiger partial charge in [-0.3, -0.25) is 0 Å². The van der Waals surface area contributed by atoms with Crippen molar-refractivity contribution in [2.24, 2.45) is 5.92 Å². The molecule has 0 spiro atoms. The molecule has 234 valence electrons. The number of alkyl halides is 6. The third kappa shape index (κ3) is 7.37. The van der Waals surface area contributed by atoms with E-state index in [9.17, 15) is 31.1 Å². The molecule has 1 N–H and O–H groups in total. The molecule has 10 heteroatoms. The van der Waals surface area contributed by atoms with Gasteiger partial charge in [-0.05, 0) is 0 Å². The predicted molar refractivity (Wildman–Crippen MR) is 170 cm³/mol. The van der Waals surface area contributed by atoms with Crippen molar-refractivity contribution in [1.29, 1.82) is 0 Å². The second-order valence-corrected chi connectivity index (χ2v) is 20.7. The van der Waals surface area contributed by atoms with E-state index < -0.39 is 46.3 Å². The maximum atomic E-state index is 13.6. The van der Waals surface area contributed by atoms with Crippen molar-refractivity contribution in [3.63, 3.8) is 0 Å². The van der Waals surface area contributed by atoms with E-state index in [0.717, 1.165) is 16.2 Å². The van der Waals surface area contributed by atoms with Crippen LogP contribution in [0, 0.1) is 5.92 Å². The molecule has 4 rings (SSSR count). The standard InChI is InChI=1S/C34H33BrF6NOP/c1-3-24(2)31(42-32(43)26-19-27(33(36,37)38)21-28(20-26)34(39,40)41)23-44(35,29-15-9-5-10-16-29,30-17-11-6-12-18-30)22-25-13-7-4-8-14-25/h4-21,24,31H,3,22-23H2,1-2H3,(H,42,43)/t24?,31-/m1/s1. The Morgan fingerprint density at radius 3 is 1.59 bits per heavy atom. The summed E-state index contributed by atoms with van der Waals surface area (Å²) in [5, 5.41) is 1.43. The van der Waals surface area contributed by atoms with Crippen LogP contribution >= 0.6 is 20.8 Å². The molecule has 2 nitrogen and oxygen atoms in total. The third-order valence-corrected chi connectivity index (χ3v) is 17.3. The topological polar surface area (TPSA) is 29.1 Å². The molecule has 0 bridgehead atoms. The van der Waals surface area contributed by atoms with Crippen LogP contribution in [0.4, 0.5) is 26.3 Å². The number of hydrogen-bond donors (Lipinski definition) is 1. The van der Waals surface area contributed by atoms with Crippen LogP contribution in [0.25, 0.3) is 0 Å². The van der Waals surface area contributed by atoms with E-state index in [1.54, 1.807) is 0 Å². The Morgan fingerprint density at radius 1 is 0.750 bits per heavy atom. The summed E-state index contributed by atoms with van der Waals surface area (Å²) in [5.74, 6) is -1.17. The van der Waals surface area contributed by atoms with E-state index in [1.807, 2.05) is 105 Å². The Bertz CT molecular complexity index is 1490. The van der Waals surface area contributed by atoms with Crippen LogP contribution in [0.2, 0.25) is 0 Å². The summed E-state index contributed by atoms with van der Waals surface area (Å²) in [4.78, 5) is 13.6. The fourth-order valence-electron chi connectivity index (χ4n) is 5.51. The van der Waals surface area contributed by atoms with Gasteiger partial charge >= 0.3 is 262 Å². The quantitative estimate of drug-likeness (QED) is 0.130. The van der Waals surface area contributed by atoms with Gasteiger partial charge in [0.05, 0.1) is 0 Å². The van der Waals surface area contributed by atoms with Crippen molar-refractivity contribution in [2.75, 3.05) is 6.16 Å². The summed E-state index contributed by atoms with van der Waals surface area (Å²) >= 11 is 4.35. The van der Waals surface area contributed by atoms with Crippen LogP contribution in [0.1, 0.15) is 47.3 Å². The number of nitrogens with one attached hydrogen (secondary N) is 1. The Kier molecular flexibility index (Phi) is 10.0. The van der Waals surface area contributed by atoms with Gasteiger partial charge in [-0.15, -0.1) is 0 Å². The minimum absolute atomic E-state index is 0.0264. The molecule has 4 aromatic rings. The van der Waals surface area contributed by atoms with Gasteiger partial charge < -0.3 is 0 Å². The van der Waals surface area contributed by atoms with Crippen LogP contribution in [-0.2, 0) is 18.5 Å². The van der Waals surface area contributed by atoms with Crippen LogP contribution in [-0.4, -0.2) is 18.1 Å². The summed E-state index contributed by atoms with van der Waals surface area (Å²) < 4.78 is 81.6. The van der Waals surface area contributed by atoms with Gasteiger partial charge in [0.2, 0.25) is 0 Å². The number of carbonyl (C=O) groups is 1. The first-order valence-corrected chi connectivity index (χ1v) is 18.8. The van der Waals surface area contributed by atoms with Crippen LogP contribution in [0.5, 0.6) is 0 Å². The van der Waals surface area contributed by atoms with E-state index >= 15 is 0 Å². The Hall–Kier alpha value is -3.16. The van der Waals surface area contributed by atoms with Crippen molar-refractivity contribution >= 4 is 37.3 Å². The Morgan fingerprint density at radius 2 is 1.18 bits per heavy atom. The molecule has 0 aliphatic rings. The molecule has 0 radical (unpaired) electrons. The zero-order valence-electron chi connectivity index (χ0n) is 24.2. The van der Waals surface area contributed by atoms with Gasteiger partial charge in [0, 0.05) is 0 Å². The van der Waals surface area contributed by atoms with Crippen molar-refractivity contribution in [3.8, 4) is 0 Å². The van der Waals surface area contributed by atoms with E-state index in [2.05, 4.69) is 20.8 Å². The number of benzene rings is 4. The molecule has 1 unspecified atom stereocenters. The van der Waals surface area contributed by atoms with Gasteiger partial charge in [-0.2, -0.15) is 0 Å². The number of hydrogen-bond acceptors (Lipinski definition) is 1. The number of halogens is 7. The SMILES string of the molecule is CCC(C)[C@@H](CP(Br)(Cc1ccccc1)(c1ccccc1)c1ccccc1)NC(=O)c1cc(C(F)(F)F)cc(C(F)(F)F)c1. The van der Waals surface area contributed by atoms with Crippen LogP contribution < -0.4 is 15.9 Å². The second kappa shape index (κ2) is 13.1. The molecule has 0 saturated carbocycles. The fraction of sp³-hybridized carbons (Fsp3) is 0.265.